The SMILES string of the molecule is CCOC(=O)c1c(-c2ccccc2)csc1NC(=O)[C@@H]1COc2ccccc2O1. The monoisotopic (exact) mass is 409 g/mol. The lowest BCUT2D eigenvalue weighted by molar-refractivity contribution is -0.125. The summed E-state index contributed by atoms with van der Waals surface area (Å²) >= 11 is 1.27. The van der Waals surface area contributed by atoms with Crippen LogP contribution in [0.5, 0.6) is 11.5 Å². The van der Waals surface area contributed by atoms with E-state index in [9.17, 15) is 9.59 Å². The maximum Gasteiger partial charge on any atom is 0.341 e. The fourth-order valence-electron chi connectivity index (χ4n) is 3.03. The van der Waals surface area contributed by atoms with Gasteiger partial charge in [0, 0.05) is 10.9 Å². The first kappa shape index (κ1) is 19.0. The molecule has 1 atom stereocenters. The molecule has 4 rings (SSSR count). The van der Waals surface area contributed by atoms with Gasteiger partial charge >= 0.3 is 5.97 Å². The number of hydrogen-bond acceptors (Lipinski definition) is 6. The van der Waals surface area contributed by atoms with Crippen LogP contribution in [0.15, 0.2) is 60.0 Å². The van der Waals surface area contributed by atoms with Gasteiger partial charge in [0.25, 0.3) is 5.91 Å². The molecule has 2 heterocycles. The van der Waals surface area contributed by atoms with Crippen molar-refractivity contribution in [1.82, 2.24) is 0 Å². The minimum absolute atomic E-state index is 0.0918. The van der Waals surface area contributed by atoms with E-state index in [0.717, 1.165) is 11.1 Å². The molecule has 1 aromatic heterocycles. The molecular formula is C22H19NO5S. The summed E-state index contributed by atoms with van der Waals surface area (Å²) in [6.07, 6.45) is -0.817. The number of hydrogen-bond donors (Lipinski definition) is 1. The van der Waals surface area contributed by atoms with E-state index >= 15 is 0 Å². The zero-order valence-electron chi connectivity index (χ0n) is 15.7. The van der Waals surface area contributed by atoms with E-state index in [4.69, 9.17) is 14.2 Å². The molecular weight excluding hydrogens is 390 g/mol. The molecule has 1 amide bonds. The summed E-state index contributed by atoms with van der Waals surface area (Å²) in [6.45, 7) is 2.08. The Balaban J connectivity index is 1.59. The molecule has 0 unspecified atom stereocenters. The van der Waals surface area contributed by atoms with Crippen molar-refractivity contribution in [2.24, 2.45) is 0 Å². The van der Waals surface area contributed by atoms with Crippen LogP contribution >= 0.6 is 11.3 Å². The fraction of sp³-hybridized carbons (Fsp3) is 0.182. The Kier molecular flexibility index (Phi) is 5.48. The highest BCUT2D eigenvalue weighted by Gasteiger charge is 2.30. The van der Waals surface area contributed by atoms with Gasteiger partial charge in [-0.05, 0) is 24.6 Å². The molecule has 7 heteroatoms. The number of benzene rings is 2. The molecule has 148 valence electrons. The quantitative estimate of drug-likeness (QED) is 0.634. The zero-order chi connectivity index (χ0) is 20.2. The number of nitrogens with one attached hydrogen (secondary N) is 1. The van der Waals surface area contributed by atoms with Crippen LogP contribution in [-0.4, -0.2) is 31.2 Å². The van der Waals surface area contributed by atoms with Crippen molar-refractivity contribution in [3.63, 3.8) is 0 Å². The summed E-state index contributed by atoms with van der Waals surface area (Å²) in [7, 11) is 0. The van der Waals surface area contributed by atoms with Gasteiger partial charge in [-0.25, -0.2) is 4.79 Å². The standard InChI is InChI=1S/C22H19NO5S/c1-2-26-22(25)19-15(14-8-4-3-5-9-14)13-29-21(19)23-20(24)18-12-27-16-10-6-7-11-17(16)28-18/h3-11,13,18H,2,12H2,1H3,(H,23,24)/t18-/m0/s1. The van der Waals surface area contributed by atoms with E-state index in [0.29, 0.717) is 22.1 Å². The topological polar surface area (TPSA) is 73.9 Å². The van der Waals surface area contributed by atoms with Crippen molar-refractivity contribution < 1.29 is 23.8 Å². The van der Waals surface area contributed by atoms with Crippen LogP contribution in [0.25, 0.3) is 11.1 Å². The number of fused-ring (bicyclic) bond motifs is 1. The lowest BCUT2D eigenvalue weighted by atomic mass is 10.0. The third-order valence-electron chi connectivity index (χ3n) is 4.39. The van der Waals surface area contributed by atoms with Crippen molar-refractivity contribution in [2.75, 3.05) is 18.5 Å². The molecule has 0 saturated heterocycles. The summed E-state index contributed by atoms with van der Waals surface area (Å²) in [5.41, 5.74) is 1.93. The summed E-state index contributed by atoms with van der Waals surface area (Å²) in [5, 5.41) is 5.08. The summed E-state index contributed by atoms with van der Waals surface area (Å²) in [4.78, 5) is 25.4. The van der Waals surface area contributed by atoms with E-state index in [-0.39, 0.29) is 19.1 Å². The first-order chi connectivity index (χ1) is 14.2. The number of para-hydroxylation sites is 2. The Bertz CT molecular complexity index is 1030. The predicted octanol–water partition coefficient (Wildman–Crippen LogP) is 4.37. The third-order valence-corrected chi connectivity index (χ3v) is 5.29. The van der Waals surface area contributed by atoms with Crippen LogP contribution in [-0.2, 0) is 9.53 Å². The number of ether oxygens (including phenoxy) is 3. The molecule has 6 nitrogen and oxygen atoms in total. The number of amides is 1. The van der Waals surface area contributed by atoms with Gasteiger partial charge in [-0.15, -0.1) is 11.3 Å². The summed E-state index contributed by atoms with van der Waals surface area (Å²) in [5.74, 6) is 0.257. The van der Waals surface area contributed by atoms with Gasteiger partial charge in [0.15, 0.2) is 11.5 Å². The van der Waals surface area contributed by atoms with Crippen molar-refractivity contribution in [1.29, 1.82) is 0 Å². The van der Waals surface area contributed by atoms with E-state index in [1.54, 1.807) is 19.1 Å². The van der Waals surface area contributed by atoms with E-state index in [2.05, 4.69) is 5.32 Å². The molecule has 0 radical (unpaired) electrons. The smallest absolute Gasteiger partial charge is 0.341 e. The van der Waals surface area contributed by atoms with Gasteiger partial charge in [0.05, 0.1) is 6.61 Å². The first-order valence-corrected chi connectivity index (χ1v) is 10.1. The number of carbonyl (C=O) groups excluding carboxylic acids is 2. The third kappa shape index (κ3) is 3.95. The molecule has 2 aromatic carbocycles. The second kappa shape index (κ2) is 8.36. The van der Waals surface area contributed by atoms with Crippen LogP contribution in [0.3, 0.4) is 0 Å². The lowest BCUT2D eigenvalue weighted by Gasteiger charge is -2.25. The average molecular weight is 409 g/mol. The van der Waals surface area contributed by atoms with Crippen molar-refractivity contribution in [3.8, 4) is 22.6 Å². The molecule has 1 N–H and O–H groups in total. The van der Waals surface area contributed by atoms with Gasteiger partial charge in [0.2, 0.25) is 6.10 Å². The number of thiophene rings is 1. The predicted molar refractivity (Wildman–Crippen MR) is 111 cm³/mol. The lowest BCUT2D eigenvalue weighted by Crippen LogP contribution is -2.40. The molecule has 0 saturated carbocycles. The van der Waals surface area contributed by atoms with E-state index in [1.807, 2.05) is 47.8 Å². The second-order valence-corrected chi connectivity index (χ2v) is 7.17. The Labute approximate surface area is 172 Å². The molecule has 3 aromatic rings. The number of esters is 1. The van der Waals surface area contributed by atoms with Crippen molar-refractivity contribution in [3.05, 3.63) is 65.5 Å². The minimum atomic E-state index is -0.817. The average Bonchev–Trinajstić information content (AvgIpc) is 3.17. The van der Waals surface area contributed by atoms with Crippen molar-refractivity contribution >= 4 is 28.2 Å². The Morgan fingerprint density at radius 1 is 1.10 bits per heavy atom. The Morgan fingerprint density at radius 3 is 2.59 bits per heavy atom. The molecule has 0 spiro atoms. The fourth-order valence-corrected chi connectivity index (χ4v) is 3.99. The minimum Gasteiger partial charge on any atom is -0.485 e. The number of carbonyl (C=O) groups is 2. The van der Waals surface area contributed by atoms with Crippen LogP contribution < -0.4 is 14.8 Å². The normalized spacial score (nSPS) is 14.9. The van der Waals surface area contributed by atoms with Gasteiger partial charge in [0.1, 0.15) is 17.2 Å². The highest BCUT2D eigenvalue weighted by atomic mass is 32.1. The molecule has 1 aliphatic heterocycles. The first-order valence-electron chi connectivity index (χ1n) is 9.20. The second-order valence-electron chi connectivity index (χ2n) is 6.29. The maximum atomic E-state index is 12.8. The van der Waals surface area contributed by atoms with Gasteiger partial charge in [-0.2, -0.15) is 0 Å². The molecule has 1 aliphatic rings. The zero-order valence-corrected chi connectivity index (χ0v) is 16.5. The molecule has 0 fully saturated rings. The number of rotatable bonds is 5. The van der Waals surface area contributed by atoms with Gasteiger partial charge < -0.3 is 19.5 Å². The van der Waals surface area contributed by atoms with Crippen LogP contribution in [0.1, 0.15) is 17.3 Å². The molecule has 0 aliphatic carbocycles. The van der Waals surface area contributed by atoms with E-state index in [1.165, 1.54) is 11.3 Å². The van der Waals surface area contributed by atoms with Crippen molar-refractivity contribution in [2.45, 2.75) is 13.0 Å². The highest BCUT2D eigenvalue weighted by Crippen LogP contribution is 2.37. The summed E-state index contributed by atoms with van der Waals surface area (Å²) < 4.78 is 16.6. The largest absolute Gasteiger partial charge is 0.485 e. The highest BCUT2D eigenvalue weighted by molar-refractivity contribution is 7.15. The molecule has 0 bridgehead atoms. The summed E-state index contributed by atoms with van der Waals surface area (Å²) in [6, 6.07) is 16.7. The Morgan fingerprint density at radius 2 is 1.83 bits per heavy atom. The Hall–Kier alpha value is -3.32. The molecule has 29 heavy (non-hydrogen) atoms. The van der Waals surface area contributed by atoms with Gasteiger partial charge in [-0.3, -0.25) is 4.79 Å². The van der Waals surface area contributed by atoms with Crippen LogP contribution in [0, 0.1) is 0 Å². The van der Waals surface area contributed by atoms with Crippen LogP contribution in [0.4, 0.5) is 5.00 Å². The van der Waals surface area contributed by atoms with Gasteiger partial charge in [-0.1, -0.05) is 42.5 Å². The maximum absolute atomic E-state index is 12.8. The van der Waals surface area contributed by atoms with E-state index < -0.39 is 12.1 Å². The number of anilines is 1. The van der Waals surface area contributed by atoms with Crippen LogP contribution in [0.2, 0.25) is 0 Å².